The minimum atomic E-state index is -1.36. The van der Waals surface area contributed by atoms with Crippen LogP contribution in [0.3, 0.4) is 0 Å². The Hall–Kier alpha value is -1.77. The van der Waals surface area contributed by atoms with Crippen molar-refractivity contribution in [2.75, 3.05) is 13.1 Å². The van der Waals surface area contributed by atoms with E-state index in [2.05, 4.69) is 22.5 Å². The lowest BCUT2D eigenvalue weighted by Gasteiger charge is -2.39. The fourth-order valence-corrected chi connectivity index (χ4v) is 5.85. The van der Waals surface area contributed by atoms with Gasteiger partial charge in [-0.3, -0.25) is 4.79 Å². The molecule has 1 amide bonds. The fraction of sp³-hybridized carbons (Fsp3) is 0.536. The van der Waals surface area contributed by atoms with Gasteiger partial charge in [-0.15, -0.1) is 0 Å². The molecule has 0 aliphatic carbocycles. The predicted molar refractivity (Wildman–Crippen MR) is 148 cm³/mol. The molecule has 0 aromatic heterocycles. The normalized spacial score (nSPS) is 27.8. The Morgan fingerprint density at radius 1 is 1.32 bits per heavy atom. The molecular formula is C28H38Cl2F2N4O. The third-order valence-corrected chi connectivity index (χ3v) is 7.62. The SMILES string of the molecule is C=C/C=C(Cl)\C=C(\F)C[C@@]1(N)[C@H](CC(C)(C)C)N[C@@H](C(=O)NC2CCNCC2)[C@@H]1c1cccc(Cl)c1F. The van der Waals surface area contributed by atoms with Crippen LogP contribution in [-0.4, -0.2) is 42.7 Å². The maximum Gasteiger partial charge on any atom is 0.238 e. The number of allylic oxidation sites excluding steroid dienone is 4. The number of nitrogens with two attached hydrogens (primary N) is 1. The Balaban J connectivity index is 2.10. The Labute approximate surface area is 228 Å². The van der Waals surface area contributed by atoms with Crippen LogP contribution in [0.4, 0.5) is 8.78 Å². The number of benzene rings is 1. The highest BCUT2D eigenvalue weighted by Crippen LogP contribution is 2.46. The topological polar surface area (TPSA) is 79.2 Å². The van der Waals surface area contributed by atoms with E-state index in [1.807, 2.05) is 20.8 Å². The van der Waals surface area contributed by atoms with Crippen LogP contribution in [0.2, 0.25) is 5.02 Å². The van der Waals surface area contributed by atoms with Crippen LogP contribution < -0.4 is 21.7 Å². The predicted octanol–water partition coefficient (Wildman–Crippen LogP) is 5.46. The highest BCUT2D eigenvalue weighted by atomic mass is 35.5. The van der Waals surface area contributed by atoms with E-state index < -0.39 is 35.2 Å². The standard InChI is InChI=1S/C28H38Cl2F2N4O/c1-5-7-17(29)14-18(31)15-28(33)22(16-27(2,3)4)36-25(26(37)35-19-10-12-34-13-11-19)23(28)20-8-6-9-21(30)24(20)32/h5-9,14,19,22-23,25,34,36H,1,10-13,15-16,33H2,2-4H3,(H,35,37)/b17-7+,18-14+/t22-,23-,25+,28+/m0/s1. The van der Waals surface area contributed by atoms with Gasteiger partial charge in [0, 0.05) is 35.0 Å². The summed E-state index contributed by atoms with van der Waals surface area (Å²) in [6.07, 6.45) is 5.96. The van der Waals surface area contributed by atoms with Gasteiger partial charge in [0.15, 0.2) is 0 Å². The highest BCUT2D eigenvalue weighted by molar-refractivity contribution is 6.31. The van der Waals surface area contributed by atoms with Gasteiger partial charge >= 0.3 is 0 Å². The number of hydrogen-bond acceptors (Lipinski definition) is 4. The average molecular weight is 556 g/mol. The monoisotopic (exact) mass is 554 g/mol. The number of carbonyl (C=O) groups excluding carboxylic acids is 1. The second-order valence-electron chi connectivity index (χ2n) is 11.3. The molecule has 2 aliphatic rings. The molecule has 2 fully saturated rings. The first-order valence-corrected chi connectivity index (χ1v) is 13.5. The second kappa shape index (κ2) is 12.4. The van der Waals surface area contributed by atoms with Crippen LogP contribution in [-0.2, 0) is 4.79 Å². The van der Waals surface area contributed by atoms with E-state index in [0.717, 1.165) is 25.9 Å². The third-order valence-electron chi connectivity index (χ3n) is 7.09. The van der Waals surface area contributed by atoms with Crippen molar-refractivity contribution in [1.82, 2.24) is 16.0 Å². The van der Waals surface area contributed by atoms with Gasteiger partial charge in [-0.2, -0.15) is 0 Å². The van der Waals surface area contributed by atoms with Crippen LogP contribution in [0.15, 0.2) is 53.9 Å². The van der Waals surface area contributed by atoms with Crippen molar-refractivity contribution in [3.05, 3.63) is 70.3 Å². The molecule has 0 bridgehead atoms. The molecule has 1 aromatic rings. The van der Waals surface area contributed by atoms with Gasteiger partial charge < -0.3 is 21.7 Å². The van der Waals surface area contributed by atoms with E-state index in [9.17, 15) is 4.79 Å². The average Bonchev–Trinajstić information content (AvgIpc) is 3.06. The largest absolute Gasteiger partial charge is 0.352 e. The Bertz CT molecular complexity index is 1050. The second-order valence-corrected chi connectivity index (χ2v) is 12.1. The zero-order valence-corrected chi connectivity index (χ0v) is 23.2. The summed E-state index contributed by atoms with van der Waals surface area (Å²) in [6, 6.07) is 3.25. The number of amides is 1. The first-order valence-electron chi connectivity index (χ1n) is 12.7. The van der Waals surface area contributed by atoms with Crippen molar-refractivity contribution in [3.8, 4) is 0 Å². The van der Waals surface area contributed by atoms with Gasteiger partial charge in [0.05, 0.1) is 11.1 Å². The summed E-state index contributed by atoms with van der Waals surface area (Å²) in [5.74, 6) is -2.40. The Morgan fingerprint density at radius 3 is 2.62 bits per heavy atom. The van der Waals surface area contributed by atoms with E-state index in [4.69, 9.17) is 28.9 Å². The minimum absolute atomic E-state index is 0.00581. The highest BCUT2D eigenvalue weighted by Gasteiger charge is 2.57. The summed E-state index contributed by atoms with van der Waals surface area (Å²) >= 11 is 12.3. The molecule has 0 spiro atoms. The smallest absolute Gasteiger partial charge is 0.238 e. The lowest BCUT2D eigenvalue weighted by Crippen LogP contribution is -2.55. The number of carbonyl (C=O) groups is 1. The number of rotatable bonds is 8. The van der Waals surface area contributed by atoms with Crippen LogP contribution in [0, 0.1) is 11.2 Å². The molecule has 0 unspecified atom stereocenters. The molecule has 9 heteroatoms. The summed E-state index contributed by atoms with van der Waals surface area (Å²) < 4.78 is 30.9. The van der Waals surface area contributed by atoms with Crippen molar-refractivity contribution in [2.24, 2.45) is 11.1 Å². The molecule has 2 aliphatic heterocycles. The number of halogens is 4. The van der Waals surface area contributed by atoms with E-state index in [-0.39, 0.29) is 39.4 Å². The lowest BCUT2D eigenvalue weighted by atomic mass is 9.70. The summed E-state index contributed by atoms with van der Waals surface area (Å²) in [5.41, 5.74) is 5.71. The first-order chi connectivity index (χ1) is 17.4. The molecule has 5 N–H and O–H groups in total. The van der Waals surface area contributed by atoms with Gasteiger partial charge in [0.25, 0.3) is 0 Å². The summed E-state index contributed by atoms with van der Waals surface area (Å²) in [6.45, 7) is 11.3. The zero-order valence-electron chi connectivity index (χ0n) is 21.7. The van der Waals surface area contributed by atoms with Gasteiger partial charge in [-0.1, -0.05) is 68.8 Å². The van der Waals surface area contributed by atoms with Gasteiger partial charge in [0.2, 0.25) is 5.91 Å². The summed E-state index contributed by atoms with van der Waals surface area (Å²) in [4.78, 5) is 13.7. The molecule has 204 valence electrons. The van der Waals surface area contributed by atoms with Gasteiger partial charge in [-0.25, -0.2) is 8.78 Å². The van der Waals surface area contributed by atoms with Crippen molar-refractivity contribution in [3.63, 3.8) is 0 Å². The molecule has 4 atom stereocenters. The van der Waals surface area contributed by atoms with Crippen molar-refractivity contribution < 1.29 is 13.6 Å². The number of hydrogen-bond donors (Lipinski definition) is 4. The molecule has 2 heterocycles. The summed E-state index contributed by atoms with van der Waals surface area (Å²) in [7, 11) is 0. The summed E-state index contributed by atoms with van der Waals surface area (Å²) in [5, 5.41) is 9.85. The minimum Gasteiger partial charge on any atom is -0.352 e. The van der Waals surface area contributed by atoms with E-state index in [1.165, 1.54) is 24.3 Å². The number of nitrogens with one attached hydrogen (secondary N) is 3. The van der Waals surface area contributed by atoms with Crippen molar-refractivity contribution in [2.45, 2.75) is 76.0 Å². The van der Waals surface area contributed by atoms with Crippen molar-refractivity contribution >= 4 is 29.1 Å². The molecule has 0 saturated carbocycles. The van der Waals surface area contributed by atoms with Crippen molar-refractivity contribution in [1.29, 1.82) is 0 Å². The molecule has 37 heavy (non-hydrogen) atoms. The maximum atomic E-state index is 15.5. The van der Waals surface area contributed by atoms with Crippen LogP contribution in [0.25, 0.3) is 0 Å². The van der Waals surface area contributed by atoms with Crippen LogP contribution in [0.5, 0.6) is 0 Å². The fourth-order valence-electron chi connectivity index (χ4n) is 5.46. The van der Waals surface area contributed by atoms with Gasteiger partial charge in [0.1, 0.15) is 11.6 Å². The first kappa shape index (κ1) is 29.8. The third kappa shape index (κ3) is 7.42. The quantitative estimate of drug-likeness (QED) is 0.322. The molecule has 2 saturated heterocycles. The van der Waals surface area contributed by atoms with Crippen LogP contribution >= 0.6 is 23.2 Å². The lowest BCUT2D eigenvalue weighted by molar-refractivity contribution is -0.124. The van der Waals surface area contributed by atoms with Crippen LogP contribution in [0.1, 0.15) is 57.9 Å². The molecule has 1 aromatic carbocycles. The van der Waals surface area contributed by atoms with E-state index in [0.29, 0.717) is 6.42 Å². The molecular weight excluding hydrogens is 517 g/mol. The zero-order chi connectivity index (χ0) is 27.4. The van der Waals surface area contributed by atoms with Gasteiger partial charge in [-0.05, 0) is 61.5 Å². The number of piperidine rings is 1. The molecule has 0 radical (unpaired) electrons. The molecule has 3 rings (SSSR count). The molecule has 5 nitrogen and oxygen atoms in total. The Morgan fingerprint density at radius 2 is 2.00 bits per heavy atom. The Kier molecular flexibility index (Phi) is 9.97. The maximum absolute atomic E-state index is 15.5. The van der Waals surface area contributed by atoms with E-state index in [1.54, 1.807) is 12.1 Å². The van der Waals surface area contributed by atoms with E-state index >= 15 is 8.78 Å².